The van der Waals surface area contributed by atoms with Gasteiger partial charge in [0.2, 0.25) is 0 Å². The van der Waals surface area contributed by atoms with Crippen molar-refractivity contribution < 1.29 is 18.7 Å². The van der Waals surface area contributed by atoms with E-state index in [0.29, 0.717) is 23.4 Å². The van der Waals surface area contributed by atoms with E-state index in [0.717, 1.165) is 17.1 Å². The van der Waals surface area contributed by atoms with Crippen LogP contribution < -0.4 is 5.32 Å². The minimum atomic E-state index is -0.447. The minimum absolute atomic E-state index is 0.231. The second-order valence-corrected chi connectivity index (χ2v) is 5.98. The van der Waals surface area contributed by atoms with Crippen LogP contribution in [0.25, 0.3) is 0 Å². The lowest BCUT2D eigenvalue weighted by atomic mass is 10.2. The van der Waals surface area contributed by atoms with E-state index >= 15 is 0 Å². The van der Waals surface area contributed by atoms with Gasteiger partial charge >= 0.3 is 5.97 Å². The first kappa shape index (κ1) is 17.5. The molecule has 1 aromatic carbocycles. The van der Waals surface area contributed by atoms with Crippen LogP contribution in [-0.4, -0.2) is 23.6 Å². The number of hydrogen-bond donors (Lipinski definition) is 1. The standard InChI is InChI=1S/C20H20N2O4/c1-13-10-18(14(2)22(13)12-17-8-5-9-26-17)19(23)21-16-7-4-6-15(11-16)20(24)25-3/h4-11H,12H2,1-3H3,(H,21,23). The second kappa shape index (κ2) is 7.31. The van der Waals surface area contributed by atoms with Crippen molar-refractivity contribution in [3.05, 3.63) is 77.0 Å². The number of aromatic nitrogens is 1. The zero-order valence-electron chi connectivity index (χ0n) is 14.9. The summed E-state index contributed by atoms with van der Waals surface area (Å²) in [5, 5.41) is 2.83. The highest BCUT2D eigenvalue weighted by Crippen LogP contribution is 2.20. The zero-order chi connectivity index (χ0) is 18.7. The Labute approximate surface area is 151 Å². The molecule has 0 unspecified atom stereocenters. The van der Waals surface area contributed by atoms with Crippen LogP contribution in [0.2, 0.25) is 0 Å². The maximum atomic E-state index is 12.7. The molecule has 1 amide bonds. The van der Waals surface area contributed by atoms with E-state index in [1.165, 1.54) is 7.11 Å². The molecule has 6 heteroatoms. The van der Waals surface area contributed by atoms with Gasteiger partial charge in [-0.3, -0.25) is 4.79 Å². The smallest absolute Gasteiger partial charge is 0.337 e. The molecule has 0 radical (unpaired) electrons. The summed E-state index contributed by atoms with van der Waals surface area (Å²) in [5.74, 6) is 0.146. The van der Waals surface area contributed by atoms with Crippen LogP contribution in [0.5, 0.6) is 0 Å². The van der Waals surface area contributed by atoms with Gasteiger partial charge in [-0.25, -0.2) is 4.79 Å². The number of rotatable bonds is 5. The molecule has 0 aliphatic heterocycles. The van der Waals surface area contributed by atoms with E-state index < -0.39 is 5.97 Å². The molecule has 0 fully saturated rings. The van der Waals surface area contributed by atoms with E-state index in [1.807, 2.05) is 36.6 Å². The number of nitrogens with one attached hydrogen (secondary N) is 1. The molecule has 3 rings (SSSR count). The number of carbonyl (C=O) groups excluding carboxylic acids is 2. The first-order chi connectivity index (χ1) is 12.5. The van der Waals surface area contributed by atoms with Gasteiger partial charge in [-0.2, -0.15) is 0 Å². The quantitative estimate of drug-likeness (QED) is 0.709. The molecule has 6 nitrogen and oxygen atoms in total. The van der Waals surface area contributed by atoms with Crippen molar-refractivity contribution in [1.82, 2.24) is 4.57 Å². The van der Waals surface area contributed by atoms with Gasteiger partial charge in [0.15, 0.2) is 0 Å². The summed E-state index contributed by atoms with van der Waals surface area (Å²) >= 11 is 0. The van der Waals surface area contributed by atoms with Gasteiger partial charge in [-0.05, 0) is 50.2 Å². The predicted octanol–water partition coefficient (Wildman–Crippen LogP) is 3.79. The van der Waals surface area contributed by atoms with Crippen LogP contribution in [0.3, 0.4) is 0 Å². The van der Waals surface area contributed by atoms with Gasteiger partial charge in [0.25, 0.3) is 5.91 Å². The van der Waals surface area contributed by atoms with Crippen LogP contribution >= 0.6 is 0 Å². The summed E-state index contributed by atoms with van der Waals surface area (Å²) in [6.45, 7) is 4.41. The van der Waals surface area contributed by atoms with Crippen molar-refractivity contribution in [3.63, 3.8) is 0 Å². The SMILES string of the molecule is COC(=O)c1cccc(NC(=O)c2cc(C)n(Cc3ccco3)c2C)c1. The Morgan fingerprint density at radius 3 is 2.65 bits per heavy atom. The Balaban J connectivity index is 1.81. The van der Waals surface area contributed by atoms with Gasteiger partial charge in [0, 0.05) is 17.1 Å². The topological polar surface area (TPSA) is 73.5 Å². The van der Waals surface area contributed by atoms with Crippen LogP contribution in [0, 0.1) is 13.8 Å². The number of anilines is 1. The molecule has 0 atom stereocenters. The summed E-state index contributed by atoms with van der Waals surface area (Å²) in [6, 6.07) is 12.2. The molecular weight excluding hydrogens is 332 g/mol. The largest absolute Gasteiger partial charge is 0.467 e. The van der Waals surface area contributed by atoms with Crippen LogP contribution in [0.1, 0.15) is 37.9 Å². The number of benzene rings is 1. The lowest BCUT2D eigenvalue weighted by Crippen LogP contribution is -2.14. The van der Waals surface area contributed by atoms with E-state index in [9.17, 15) is 9.59 Å². The summed E-state index contributed by atoms with van der Waals surface area (Å²) in [6.07, 6.45) is 1.63. The van der Waals surface area contributed by atoms with Crippen molar-refractivity contribution in [2.75, 3.05) is 12.4 Å². The first-order valence-electron chi connectivity index (χ1n) is 8.18. The van der Waals surface area contributed by atoms with Crippen molar-refractivity contribution >= 4 is 17.6 Å². The zero-order valence-corrected chi connectivity index (χ0v) is 14.9. The highest BCUT2D eigenvalue weighted by Gasteiger charge is 2.17. The van der Waals surface area contributed by atoms with E-state index in [2.05, 4.69) is 5.32 Å². The molecule has 26 heavy (non-hydrogen) atoms. The van der Waals surface area contributed by atoms with Crippen molar-refractivity contribution in [2.45, 2.75) is 20.4 Å². The molecule has 0 aliphatic carbocycles. The molecule has 0 aliphatic rings. The molecule has 0 saturated carbocycles. The third kappa shape index (κ3) is 3.54. The Morgan fingerprint density at radius 1 is 1.15 bits per heavy atom. The lowest BCUT2D eigenvalue weighted by molar-refractivity contribution is 0.0600. The van der Waals surface area contributed by atoms with Crippen molar-refractivity contribution in [1.29, 1.82) is 0 Å². The molecule has 0 bridgehead atoms. The monoisotopic (exact) mass is 352 g/mol. The van der Waals surface area contributed by atoms with E-state index in [-0.39, 0.29) is 5.91 Å². The number of nitrogens with zero attached hydrogens (tertiary/aromatic N) is 1. The Bertz CT molecular complexity index is 939. The maximum absolute atomic E-state index is 12.7. The molecule has 2 aromatic heterocycles. The average Bonchev–Trinajstić information content (AvgIpc) is 3.25. The number of furan rings is 1. The second-order valence-electron chi connectivity index (χ2n) is 5.98. The number of methoxy groups -OCH3 is 1. The highest BCUT2D eigenvalue weighted by atomic mass is 16.5. The van der Waals surface area contributed by atoms with Crippen molar-refractivity contribution in [2.24, 2.45) is 0 Å². The molecule has 2 heterocycles. The number of esters is 1. The van der Waals surface area contributed by atoms with E-state index in [4.69, 9.17) is 9.15 Å². The summed E-state index contributed by atoms with van der Waals surface area (Å²) in [5.41, 5.74) is 3.31. The molecule has 3 aromatic rings. The third-order valence-electron chi connectivity index (χ3n) is 4.25. The Hall–Kier alpha value is -3.28. The van der Waals surface area contributed by atoms with Gasteiger partial charge in [-0.15, -0.1) is 0 Å². The molecule has 0 spiro atoms. The average molecular weight is 352 g/mol. The van der Waals surface area contributed by atoms with E-state index in [1.54, 1.807) is 30.5 Å². The number of aryl methyl sites for hydroxylation is 1. The van der Waals surface area contributed by atoms with Gasteiger partial charge < -0.3 is 19.0 Å². The van der Waals surface area contributed by atoms with Crippen LogP contribution in [-0.2, 0) is 11.3 Å². The summed E-state index contributed by atoms with van der Waals surface area (Å²) in [7, 11) is 1.32. The Kier molecular flexibility index (Phi) is 4.93. The maximum Gasteiger partial charge on any atom is 0.337 e. The van der Waals surface area contributed by atoms with Gasteiger partial charge in [0.05, 0.1) is 31.0 Å². The fourth-order valence-corrected chi connectivity index (χ4v) is 2.87. The van der Waals surface area contributed by atoms with Crippen LogP contribution in [0.15, 0.2) is 53.1 Å². The molecule has 1 N–H and O–H groups in total. The fourth-order valence-electron chi connectivity index (χ4n) is 2.87. The minimum Gasteiger partial charge on any atom is -0.467 e. The number of ether oxygens (including phenoxy) is 1. The Morgan fingerprint density at radius 2 is 1.96 bits per heavy atom. The highest BCUT2D eigenvalue weighted by molar-refractivity contribution is 6.05. The van der Waals surface area contributed by atoms with Crippen molar-refractivity contribution in [3.8, 4) is 0 Å². The fraction of sp³-hybridized carbons (Fsp3) is 0.200. The number of hydrogen-bond acceptors (Lipinski definition) is 4. The van der Waals surface area contributed by atoms with Gasteiger partial charge in [0.1, 0.15) is 5.76 Å². The molecular formula is C20H20N2O4. The van der Waals surface area contributed by atoms with Gasteiger partial charge in [-0.1, -0.05) is 6.07 Å². The molecule has 0 saturated heterocycles. The first-order valence-corrected chi connectivity index (χ1v) is 8.18. The van der Waals surface area contributed by atoms with Crippen LogP contribution in [0.4, 0.5) is 5.69 Å². The molecule has 134 valence electrons. The summed E-state index contributed by atoms with van der Waals surface area (Å²) in [4.78, 5) is 24.3. The normalized spacial score (nSPS) is 10.6. The lowest BCUT2D eigenvalue weighted by Gasteiger charge is -2.09. The number of amides is 1. The third-order valence-corrected chi connectivity index (χ3v) is 4.25. The number of carbonyl (C=O) groups is 2. The predicted molar refractivity (Wildman–Crippen MR) is 97.5 cm³/mol. The summed E-state index contributed by atoms with van der Waals surface area (Å²) < 4.78 is 12.1.